The topological polar surface area (TPSA) is 125 Å². The molecule has 1 aliphatic heterocycles. The highest BCUT2D eigenvalue weighted by Crippen LogP contribution is 2.30. The molecule has 0 saturated carbocycles. The van der Waals surface area contributed by atoms with Crippen LogP contribution in [0.1, 0.15) is 26.0 Å². The van der Waals surface area contributed by atoms with E-state index in [0.717, 1.165) is 6.42 Å². The van der Waals surface area contributed by atoms with Crippen LogP contribution >= 0.6 is 0 Å². The Balaban J connectivity index is 1.82. The number of nitrogen functional groups attached to an aromatic ring is 1. The fourth-order valence-electron chi connectivity index (χ4n) is 2.38. The summed E-state index contributed by atoms with van der Waals surface area (Å²) >= 11 is 0. The van der Waals surface area contributed by atoms with Crippen molar-refractivity contribution in [1.29, 1.82) is 0 Å². The van der Waals surface area contributed by atoms with Gasteiger partial charge in [0.05, 0.1) is 12.4 Å². The van der Waals surface area contributed by atoms with Crippen molar-refractivity contribution in [2.75, 3.05) is 12.3 Å². The van der Waals surface area contributed by atoms with Gasteiger partial charge in [-0.2, -0.15) is 4.98 Å². The predicted octanol–water partition coefficient (Wildman–Crippen LogP) is -0.0575. The number of aromatic nitrogens is 4. The molecule has 0 aliphatic carbocycles. The van der Waals surface area contributed by atoms with Gasteiger partial charge in [-0.3, -0.25) is 19.1 Å². The van der Waals surface area contributed by atoms with Gasteiger partial charge in [0.25, 0.3) is 5.56 Å². The zero-order valence-corrected chi connectivity index (χ0v) is 11.4. The Bertz CT molecular complexity index is 737. The quantitative estimate of drug-likeness (QED) is 0.759. The van der Waals surface area contributed by atoms with Crippen LogP contribution in [-0.4, -0.2) is 38.2 Å². The molecule has 9 heteroatoms. The van der Waals surface area contributed by atoms with Gasteiger partial charge in [-0.25, -0.2) is 4.98 Å². The summed E-state index contributed by atoms with van der Waals surface area (Å²) in [5.74, 6) is -0.306. The number of nitrogens with zero attached hydrogens (tertiary/aromatic N) is 3. The Hall–Kier alpha value is -2.42. The van der Waals surface area contributed by atoms with Gasteiger partial charge in [-0.15, -0.1) is 0 Å². The molecule has 3 N–H and O–H groups in total. The average molecular weight is 293 g/mol. The number of rotatable bonds is 3. The van der Waals surface area contributed by atoms with E-state index in [2.05, 4.69) is 15.0 Å². The van der Waals surface area contributed by atoms with Crippen LogP contribution in [0.3, 0.4) is 0 Å². The molecule has 0 unspecified atom stereocenters. The van der Waals surface area contributed by atoms with Crippen LogP contribution in [0.4, 0.5) is 5.95 Å². The van der Waals surface area contributed by atoms with Crippen LogP contribution in [0, 0.1) is 0 Å². The second-order valence-electron chi connectivity index (χ2n) is 4.87. The number of fused-ring (bicyclic) bond motifs is 1. The molecule has 21 heavy (non-hydrogen) atoms. The first-order chi connectivity index (χ1) is 10.0. The second-order valence-corrected chi connectivity index (χ2v) is 4.87. The van der Waals surface area contributed by atoms with Gasteiger partial charge >= 0.3 is 5.97 Å². The van der Waals surface area contributed by atoms with Crippen molar-refractivity contribution < 1.29 is 14.3 Å². The number of nitrogens with one attached hydrogen (secondary N) is 1. The summed E-state index contributed by atoms with van der Waals surface area (Å²) in [4.78, 5) is 33.1. The van der Waals surface area contributed by atoms with Crippen LogP contribution in [0.15, 0.2) is 11.1 Å². The molecule has 0 aromatic carbocycles. The molecule has 0 spiro atoms. The summed E-state index contributed by atoms with van der Waals surface area (Å²) in [5.41, 5.74) is 5.77. The van der Waals surface area contributed by atoms with Crippen molar-refractivity contribution in [3.8, 4) is 0 Å². The molecular formula is C12H15N5O4. The Morgan fingerprint density at radius 2 is 2.43 bits per heavy atom. The first-order valence-electron chi connectivity index (χ1n) is 6.55. The number of ether oxygens (including phenoxy) is 2. The maximum Gasteiger partial charge on any atom is 0.302 e. The number of hydrogen-bond acceptors (Lipinski definition) is 7. The zero-order chi connectivity index (χ0) is 15.0. The third kappa shape index (κ3) is 2.59. The van der Waals surface area contributed by atoms with Crippen LogP contribution in [0.2, 0.25) is 0 Å². The summed E-state index contributed by atoms with van der Waals surface area (Å²) < 4.78 is 12.4. The first-order valence-corrected chi connectivity index (χ1v) is 6.55. The van der Waals surface area contributed by atoms with E-state index >= 15 is 0 Å². The number of aromatic amines is 1. The van der Waals surface area contributed by atoms with Crippen molar-refractivity contribution in [1.82, 2.24) is 19.5 Å². The van der Waals surface area contributed by atoms with Crippen molar-refractivity contribution in [3.63, 3.8) is 0 Å². The van der Waals surface area contributed by atoms with Gasteiger partial charge in [0.1, 0.15) is 12.8 Å². The van der Waals surface area contributed by atoms with Crippen molar-refractivity contribution >= 4 is 23.1 Å². The standard InChI is InChI=1S/C12H15N5O4/c1-6(18)20-4-7-2-3-8(21-7)17-5-14-9-10(17)15-12(13)16-11(9)19/h5,7-8H,2-4H2,1H3,(H3,13,15,16,19)/t7-,8-/m1/s1. The van der Waals surface area contributed by atoms with E-state index in [4.69, 9.17) is 15.2 Å². The molecule has 3 heterocycles. The Labute approximate surface area is 119 Å². The number of anilines is 1. The number of nitrogens with two attached hydrogens (primary N) is 1. The molecule has 0 radical (unpaired) electrons. The third-order valence-electron chi connectivity index (χ3n) is 3.32. The van der Waals surface area contributed by atoms with E-state index in [9.17, 15) is 9.59 Å². The third-order valence-corrected chi connectivity index (χ3v) is 3.32. The monoisotopic (exact) mass is 293 g/mol. The summed E-state index contributed by atoms with van der Waals surface area (Å²) in [5, 5.41) is 0. The first kappa shape index (κ1) is 13.6. The van der Waals surface area contributed by atoms with Gasteiger partial charge in [-0.1, -0.05) is 0 Å². The predicted molar refractivity (Wildman–Crippen MR) is 72.3 cm³/mol. The molecule has 112 valence electrons. The van der Waals surface area contributed by atoms with E-state index < -0.39 is 0 Å². The van der Waals surface area contributed by atoms with Crippen molar-refractivity contribution in [3.05, 3.63) is 16.7 Å². The molecule has 0 bridgehead atoms. The van der Waals surface area contributed by atoms with Gasteiger partial charge in [-0.05, 0) is 12.8 Å². The highest BCUT2D eigenvalue weighted by atomic mass is 16.6. The lowest BCUT2D eigenvalue weighted by molar-refractivity contribution is -0.145. The number of hydrogen-bond donors (Lipinski definition) is 2. The van der Waals surface area contributed by atoms with Gasteiger partial charge < -0.3 is 15.2 Å². The summed E-state index contributed by atoms with van der Waals surface area (Å²) in [6, 6.07) is 0. The molecule has 2 atom stereocenters. The van der Waals surface area contributed by atoms with Gasteiger partial charge in [0.2, 0.25) is 5.95 Å². The zero-order valence-electron chi connectivity index (χ0n) is 11.4. The summed E-state index contributed by atoms with van der Waals surface area (Å²) in [7, 11) is 0. The lowest BCUT2D eigenvalue weighted by Gasteiger charge is -2.15. The maximum atomic E-state index is 11.7. The SMILES string of the molecule is CC(=O)OC[C@H]1CC[C@H](n2cnc3c(=O)[nH]c(N)nc32)O1. The van der Waals surface area contributed by atoms with Gasteiger partial charge in [0, 0.05) is 6.92 Å². The second kappa shape index (κ2) is 5.17. The molecule has 2 aromatic heterocycles. The summed E-state index contributed by atoms with van der Waals surface area (Å²) in [6.45, 7) is 1.57. The molecule has 3 rings (SSSR count). The minimum atomic E-state index is -0.384. The highest BCUT2D eigenvalue weighted by Gasteiger charge is 2.29. The molecule has 1 saturated heterocycles. The fraction of sp³-hybridized carbons (Fsp3) is 0.500. The van der Waals surface area contributed by atoms with Crippen LogP contribution in [0.5, 0.6) is 0 Å². The van der Waals surface area contributed by atoms with Crippen LogP contribution in [0.25, 0.3) is 11.2 Å². The van der Waals surface area contributed by atoms with Crippen LogP contribution < -0.4 is 11.3 Å². The van der Waals surface area contributed by atoms with Crippen LogP contribution in [-0.2, 0) is 14.3 Å². The highest BCUT2D eigenvalue weighted by molar-refractivity contribution is 5.70. The van der Waals surface area contributed by atoms with E-state index in [0.29, 0.717) is 12.1 Å². The number of esters is 1. The lowest BCUT2D eigenvalue weighted by atomic mass is 10.2. The molecule has 2 aromatic rings. The average Bonchev–Trinajstić information content (AvgIpc) is 3.02. The van der Waals surface area contributed by atoms with Crippen molar-refractivity contribution in [2.24, 2.45) is 0 Å². The van der Waals surface area contributed by atoms with E-state index in [1.54, 1.807) is 4.57 Å². The maximum absolute atomic E-state index is 11.7. The molecule has 1 fully saturated rings. The Morgan fingerprint density at radius 1 is 1.62 bits per heavy atom. The van der Waals surface area contributed by atoms with E-state index in [1.807, 2.05) is 0 Å². The molecular weight excluding hydrogens is 278 g/mol. The van der Waals surface area contributed by atoms with E-state index in [-0.39, 0.29) is 41.9 Å². The number of imidazole rings is 1. The molecule has 0 amide bonds. The normalized spacial score (nSPS) is 21.8. The largest absolute Gasteiger partial charge is 0.463 e. The molecule has 9 nitrogen and oxygen atoms in total. The Morgan fingerprint density at radius 3 is 3.19 bits per heavy atom. The van der Waals surface area contributed by atoms with E-state index in [1.165, 1.54) is 13.3 Å². The Kier molecular flexibility index (Phi) is 3.34. The number of H-pyrrole nitrogens is 1. The number of carbonyl (C=O) groups excluding carboxylic acids is 1. The summed E-state index contributed by atoms with van der Waals surface area (Å²) in [6.07, 6.45) is 2.49. The smallest absolute Gasteiger partial charge is 0.302 e. The fourth-order valence-corrected chi connectivity index (χ4v) is 2.38. The molecule has 1 aliphatic rings. The van der Waals surface area contributed by atoms with Gasteiger partial charge in [0.15, 0.2) is 11.2 Å². The minimum absolute atomic E-state index is 0.0312. The minimum Gasteiger partial charge on any atom is -0.463 e. The van der Waals surface area contributed by atoms with Crippen molar-refractivity contribution in [2.45, 2.75) is 32.1 Å². The lowest BCUT2D eigenvalue weighted by Crippen LogP contribution is -2.18. The number of carbonyl (C=O) groups is 1.